The lowest BCUT2D eigenvalue weighted by Gasteiger charge is -2.16. The average molecular weight is 340 g/mol. The summed E-state index contributed by atoms with van der Waals surface area (Å²) in [5.74, 6) is 0.409. The molecule has 0 aliphatic carbocycles. The Bertz CT molecular complexity index is 806. The molecule has 24 heavy (non-hydrogen) atoms. The van der Waals surface area contributed by atoms with E-state index < -0.39 is 0 Å². The van der Waals surface area contributed by atoms with Crippen LogP contribution in [-0.2, 0) is 6.54 Å². The minimum Gasteiger partial charge on any atom is -0.336 e. The summed E-state index contributed by atoms with van der Waals surface area (Å²) in [7, 11) is 1.81. The van der Waals surface area contributed by atoms with Gasteiger partial charge < -0.3 is 9.47 Å². The molecule has 6 heteroatoms. The molecule has 2 heterocycles. The smallest absolute Gasteiger partial charge is 0.253 e. The van der Waals surface area contributed by atoms with Crippen molar-refractivity contribution in [3.63, 3.8) is 0 Å². The molecule has 0 aliphatic heterocycles. The highest BCUT2D eigenvalue weighted by Gasteiger charge is 2.14. The van der Waals surface area contributed by atoms with Gasteiger partial charge in [-0.15, -0.1) is 11.3 Å². The van der Waals surface area contributed by atoms with Crippen LogP contribution in [0.25, 0.3) is 5.69 Å². The van der Waals surface area contributed by atoms with E-state index in [2.05, 4.69) is 23.8 Å². The molecular weight excluding hydrogens is 320 g/mol. The zero-order valence-electron chi connectivity index (χ0n) is 14.0. The Hall–Kier alpha value is -2.47. The number of carbonyl (C=O) groups excluding carboxylic acids is 1. The van der Waals surface area contributed by atoms with E-state index in [1.54, 1.807) is 35.8 Å². The molecule has 0 N–H and O–H groups in total. The summed E-state index contributed by atoms with van der Waals surface area (Å²) in [5.41, 5.74) is 2.59. The molecule has 0 fully saturated rings. The van der Waals surface area contributed by atoms with Gasteiger partial charge in [-0.05, 0) is 24.3 Å². The van der Waals surface area contributed by atoms with E-state index in [1.165, 1.54) is 0 Å². The van der Waals surface area contributed by atoms with Crippen LogP contribution < -0.4 is 0 Å². The zero-order valence-corrected chi connectivity index (χ0v) is 14.8. The van der Waals surface area contributed by atoms with Gasteiger partial charge in [-0.2, -0.15) is 0 Å². The van der Waals surface area contributed by atoms with Crippen LogP contribution in [0.15, 0.2) is 48.4 Å². The molecule has 1 amide bonds. The molecule has 3 rings (SSSR count). The van der Waals surface area contributed by atoms with E-state index in [9.17, 15) is 4.79 Å². The van der Waals surface area contributed by atoms with E-state index >= 15 is 0 Å². The minimum absolute atomic E-state index is 0.00808. The maximum Gasteiger partial charge on any atom is 0.253 e. The van der Waals surface area contributed by atoms with Crippen LogP contribution >= 0.6 is 11.3 Å². The fourth-order valence-corrected chi connectivity index (χ4v) is 3.21. The van der Waals surface area contributed by atoms with Crippen LogP contribution in [0.3, 0.4) is 0 Å². The summed E-state index contributed by atoms with van der Waals surface area (Å²) < 4.78 is 1.90. The SMILES string of the molecule is CC(C)c1nc(CN(C)C(=O)c2ccc(-n3ccnc3)cc2)cs1. The lowest BCUT2D eigenvalue weighted by molar-refractivity contribution is 0.0783. The van der Waals surface area contributed by atoms with Gasteiger partial charge in [-0.3, -0.25) is 4.79 Å². The van der Waals surface area contributed by atoms with Gasteiger partial charge in [0, 0.05) is 42.0 Å². The van der Waals surface area contributed by atoms with Gasteiger partial charge in [0.05, 0.1) is 23.6 Å². The molecule has 0 radical (unpaired) electrons. The highest BCUT2D eigenvalue weighted by Crippen LogP contribution is 2.20. The fraction of sp³-hybridized carbons (Fsp3) is 0.278. The largest absolute Gasteiger partial charge is 0.336 e. The van der Waals surface area contributed by atoms with Crippen molar-refractivity contribution in [3.05, 3.63) is 64.6 Å². The number of thiazole rings is 1. The first kappa shape index (κ1) is 16.4. The van der Waals surface area contributed by atoms with Crippen LogP contribution in [0.5, 0.6) is 0 Å². The van der Waals surface area contributed by atoms with Crippen molar-refractivity contribution in [3.8, 4) is 5.69 Å². The van der Waals surface area contributed by atoms with Crippen molar-refractivity contribution in [2.75, 3.05) is 7.05 Å². The molecule has 0 aliphatic rings. The second-order valence-electron chi connectivity index (χ2n) is 6.01. The zero-order chi connectivity index (χ0) is 17.1. The van der Waals surface area contributed by atoms with Crippen LogP contribution in [0.1, 0.15) is 40.8 Å². The normalized spacial score (nSPS) is 11.0. The van der Waals surface area contributed by atoms with Crippen LogP contribution in [-0.4, -0.2) is 32.4 Å². The highest BCUT2D eigenvalue weighted by atomic mass is 32.1. The van der Waals surface area contributed by atoms with Gasteiger partial charge in [-0.25, -0.2) is 9.97 Å². The third-order valence-corrected chi connectivity index (χ3v) is 4.92. The standard InChI is InChI=1S/C18H20N4OS/c1-13(2)17-20-15(11-24-17)10-21(3)18(23)14-4-6-16(7-5-14)22-9-8-19-12-22/h4-9,11-13H,10H2,1-3H3. The Morgan fingerprint density at radius 2 is 2.04 bits per heavy atom. The summed E-state index contributed by atoms with van der Waals surface area (Å²) >= 11 is 1.65. The van der Waals surface area contributed by atoms with Crippen molar-refractivity contribution in [2.24, 2.45) is 0 Å². The molecule has 0 saturated carbocycles. The van der Waals surface area contributed by atoms with Gasteiger partial charge in [0.2, 0.25) is 0 Å². The van der Waals surface area contributed by atoms with Crippen molar-refractivity contribution < 1.29 is 4.79 Å². The molecule has 0 bridgehead atoms. The number of carbonyl (C=O) groups is 1. The van der Waals surface area contributed by atoms with Crippen molar-refractivity contribution in [1.82, 2.24) is 19.4 Å². The Balaban J connectivity index is 1.68. The number of amides is 1. The number of hydrogen-bond acceptors (Lipinski definition) is 4. The number of benzene rings is 1. The van der Waals surface area contributed by atoms with Crippen LogP contribution in [0.2, 0.25) is 0 Å². The van der Waals surface area contributed by atoms with Gasteiger partial charge >= 0.3 is 0 Å². The first-order valence-electron chi connectivity index (χ1n) is 7.82. The molecule has 5 nitrogen and oxygen atoms in total. The fourth-order valence-electron chi connectivity index (χ4n) is 2.38. The number of hydrogen-bond donors (Lipinski definition) is 0. The Kier molecular flexibility index (Phi) is 4.76. The molecule has 0 unspecified atom stereocenters. The monoisotopic (exact) mass is 340 g/mol. The number of aromatic nitrogens is 3. The first-order chi connectivity index (χ1) is 11.5. The summed E-state index contributed by atoms with van der Waals surface area (Å²) in [6.45, 7) is 4.77. The molecule has 2 aromatic heterocycles. The van der Waals surface area contributed by atoms with E-state index in [0.29, 0.717) is 18.0 Å². The molecule has 0 saturated heterocycles. The van der Waals surface area contributed by atoms with Gasteiger partial charge in [0.25, 0.3) is 5.91 Å². The average Bonchev–Trinajstić information content (AvgIpc) is 3.26. The number of nitrogens with zero attached hydrogens (tertiary/aromatic N) is 4. The van der Waals surface area contributed by atoms with Crippen molar-refractivity contribution >= 4 is 17.2 Å². The molecule has 0 spiro atoms. The second-order valence-corrected chi connectivity index (χ2v) is 6.90. The van der Waals surface area contributed by atoms with E-state index in [4.69, 9.17) is 0 Å². The van der Waals surface area contributed by atoms with Gasteiger partial charge in [0.15, 0.2) is 0 Å². The van der Waals surface area contributed by atoms with Gasteiger partial charge in [-0.1, -0.05) is 13.8 Å². The maximum atomic E-state index is 12.6. The summed E-state index contributed by atoms with van der Waals surface area (Å²) in [6, 6.07) is 7.52. The van der Waals surface area contributed by atoms with Crippen LogP contribution in [0.4, 0.5) is 0 Å². The van der Waals surface area contributed by atoms with Crippen LogP contribution in [0, 0.1) is 0 Å². The summed E-state index contributed by atoms with van der Waals surface area (Å²) in [6.07, 6.45) is 5.33. The molecule has 0 atom stereocenters. The van der Waals surface area contributed by atoms with Crippen molar-refractivity contribution in [2.45, 2.75) is 26.3 Å². The lowest BCUT2D eigenvalue weighted by Crippen LogP contribution is -2.26. The molecule has 1 aromatic carbocycles. The lowest BCUT2D eigenvalue weighted by atomic mass is 10.2. The minimum atomic E-state index is -0.00808. The predicted molar refractivity (Wildman–Crippen MR) is 95.6 cm³/mol. The van der Waals surface area contributed by atoms with E-state index in [0.717, 1.165) is 16.4 Å². The first-order valence-corrected chi connectivity index (χ1v) is 8.70. The Labute approximate surface area is 145 Å². The highest BCUT2D eigenvalue weighted by molar-refractivity contribution is 7.09. The van der Waals surface area contributed by atoms with Crippen molar-refractivity contribution in [1.29, 1.82) is 0 Å². The topological polar surface area (TPSA) is 51.0 Å². The third-order valence-electron chi connectivity index (χ3n) is 3.73. The maximum absolute atomic E-state index is 12.6. The number of imidazole rings is 1. The van der Waals surface area contributed by atoms with Gasteiger partial charge in [0.1, 0.15) is 0 Å². The third kappa shape index (κ3) is 3.54. The van der Waals surface area contributed by atoms with E-state index in [-0.39, 0.29) is 5.91 Å². The second kappa shape index (κ2) is 6.97. The molecule has 3 aromatic rings. The Morgan fingerprint density at radius 1 is 1.29 bits per heavy atom. The predicted octanol–water partition coefficient (Wildman–Crippen LogP) is 3.72. The quantitative estimate of drug-likeness (QED) is 0.711. The number of rotatable bonds is 5. The molecular formula is C18H20N4OS. The summed E-state index contributed by atoms with van der Waals surface area (Å²) in [4.78, 5) is 22.9. The Morgan fingerprint density at radius 3 is 2.62 bits per heavy atom. The van der Waals surface area contributed by atoms with E-state index in [1.807, 2.05) is 40.4 Å². The molecule has 124 valence electrons. The summed E-state index contributed by atoms with van der Waals surface area (Å²) in [5, 5.41) is 3.14.